The first-order valence-electron chi connectivity index (χ1n) is 3.91. The minimum atomic E-state index is -0.813. The van der Waals surface area contributed by atoms with Crippen LogP contribution in [0.4, 0.5) is 4.39 Å². The van der Waals surface area contributed by atoms with Crippen molar-refractivity contribution in [3.63, 3.8) is 0 Å². The van der Waals surface area contributed by atoms with Crippen molar-refractivity contribution in [3.05, 3.63) is 34.1 Å². The Bertz CT molecular complexity index is 411. The summed E-state index contributed by atoms with van der Waals surface area (Å²) in [7, 11) is 0. The molecule has 2 nitrogen and oxygen atoms in total. The fourth-order valence-corrected chi connectivity index (χ4v) is 1.49. The van der Waals surface area contributed by atoms with Gasteiger partial charge in [-0.25, -0.2) is 4.39 Å². The van der Waals surface area contributed by atoms with Crippen LogP contribution >= 0.6 is 15.9 Å². The highest BCUT2D eigenvalue weighted by Crippen LogP contribution is 2.22. The SMILES string of the molecule is CC(=O)C(C#N)c1ccc(F)c(Br)c1. The van der Waals surface area contributed by atoms with Crippen molar-refractivity contribution in [2.75, 3.05) is 0 Å². The van der Waals surface area contributed by atoms with Gasteiger partial charge < -0.3 is 0 Å². The van der Waals surface area contributed by atoms with Crippen LogP contribution in [0.3, 0.4) is 0 Å². The van der Waals surface area contributed by atoms with Gasteiger partial charge in [0.15, 0.2) is 5.78 Å². The van der Waals surface area contributed by atoms with E-state index in [1.54, 1.807) is 0 Å². The Labute approximate surface area is 89.5 Å². The number of ketones is 1. The summed E-state index contributed by atoms with van der Waals surface area (Å²) in [6, 6.07) is 5.99. The molecular weight excluding hydrogens is 249 g/mol. The van der Waals surface area contributed by atoms with Crippen molar-refractivity contribution < 1.29 is 9.18 Å². The molecule has 14 heavy (non-hydrogen) atoms. The van der Waals surface area contributed by atoms with Gasteiger partial charge in [-0.1, -0.05) is 6.07 Å². The van der Waals surface area contributed by atoms with E-state index in [2.05, 4.69) is 15.9 Å². The summed E-state index contributed by atoms with van der Waals surface area (Å²) in [4.78, 5) is 11.0. The molecule has 72 valence electrons. The van der Waals surface area contributed by atoms with Gasteiger partial charge in [0.1, 0.15) is 11.7 Å². The maximum Gasteiger partial charge on any atom is 0.151 e. The second kappa shape index (κ2) is 4.34. The summed E-state index contributed by atoms with van der Waals surface area (Å²) in [6.07, 6.45) is 0. The van der Waals surface area contributed by atoms with Gasteiger partial charge >= 0.3 is 0 Å². The molecule has 0 heterocycles. The molecule has 0 saturated heterocycles. The fraction of sp³-hybridized carbons (Fsp3) is 0.200. The number of hydrogen-bond acceptors (Lipinski definition) is 2. The number of carbonyl (C=O) groups excluding carboxylic acids is 1. The van der Waals surface area contributed by atoms with Gasteiger partial charge in [0.05, 0.1) is 10.5 Å². The molecule has 4 heteroatoms. The monoisotopic (exact) mass is 255 g/mol. The summed E-state index contributed by atoms with van der Waals surface area (Å²) in [5.41, 5.74) is 0.508. The summed E-state index contributed by atoms with van der Waals surface area (Å²) < 4.78 is 13.1. The number of nitriles is 1. The molecule has 0 amide bonds. The molecule has 1 rings (SSSR count). The van der Waals surface area contributed by atoms with E-state index in [9.17, 15) is 9.18 Å². The lowest BCUT2D eigenvalue weighted by molar-refractivity contribution is -0.117. The molecule has 0 N–H and O–H groups in total. The van der Waals surface area contributed by atoms with Crippen LogP contribution in [0.5, 0.6) is 0 Å². The Morgan fingerprint density at radius 3 is 2.71 bits per heavy atom. The molecule has 0 aromatic heterocycles. The van der Waals surface area contributed by atoms with E-state index in [4.69, 9.17) is 5.26 Å². The van der Waals surface area contributed by atoms with Gasteiger partial charge in [-0.2, -0.15) is 5.26 Å². The Morgan fingerprint density at radius 2 is 2.29 bits per heavy atom. The summed E-state index contributed by atoms with van der Waals surface area (Å²) in [6.45, 7) is 1.34. The highest BCUT2D eigenvalue weighted by atomic mass is 79.9. The second-order valence-electron chi connectivity index (χ2n) is 2.85. The number of nitrogens with zero attached hydrogens (tertiary/aromatic N) is 1. The third-order valence-electron chi connectivity index (χ3n) is 1.81. The van der Waals surface area contributed by atoms with Crippen LogP contribution in [-0.2, 0) is 4.79 Å². The summed E-state index contributed by atoms with van der Waals surface area (Å²) in [5.74, 6) is -1.47. The van der Waals surface area contributed by atoms with Gasteiger partial charge in [-0.05, 0) is 40.5 Å². The largest absolute Gasteiger partial charge is 0.298 e. The van der Waals surface area contributed by atoms with Gasteiger partial charge in [0, 0.05) is 0 Å². The average Bonchev–Trinajstić information content (AvgIpc) is 2.11. The first-order chi connectivity index (χ1) is 6.56. The topological polar surface area (TPSA) is 40.9 Å². The van der Waals surface area contributed by atoms with Crippen molar-refractivity contribution in [3.8, 4) is 6.07 Å². The van der Waals surface area contributed by atoms with Crippen molar-refractivity contribution in [2.45, 2.75) is 12.8 Å². The molecule has 0 saturated carbocycles. The van der Waals surface area contributed by atoms with Crippen molar-refractivity contribution in [1.29, 1.82) is 5.26 Å². The molecule has 1 atom stereocenters. The molecule has 0 bridgehead atoms. The molecule has 0 spiro atoms. The highest BCUT2D eigenvalue weighted by molar-refractivity contribution is 9.10. The minimum Gasteiger partial charge on any atom is -0.298 e. The number of rotatable bonds is 2. The third-order valence-corrected chi connectivity index (χ3v) is 2.42. The van der Waals surface area contributed by atoms with Crippen LogP contribution in [0.1, 0.15) is 18.4 Å². The zero-order valence-corrected chi connectivity index (χ0v) is 9.01. The summed E-state index contributed by atoms with van der Waals surface area (Å²) in [5, 5.41) is 8.73. The first kappa shape index (κ1) is 10.9. The molecule has 0 aliphatic heterocycles. The highest BCUT2D eigenvalue weighted by Gasteiger charge is 2.16. The minimum absolute atomic E-state index is 0.244. The zero-order valence-electron chi connectivity index (χ0n) is 7.42. The number of halogens is 2. The second-order valence-corrected chi connectivity index (χ2v) is 3.70. The van der Waals surface area contributed by atoms with Crippen molar-refractivity contribution in [1.82, 2.24) is 0 Å². The van der Waals surface area contributed by atoms with E-state index < -0.39 is 11.7 Å². The smallest absolute Gasteiger partial charge is 0.151 e. The van der Waals surface area contributed by atoms with E-state index in [0.717, 1.165) is 0 Å². The first-order valence-corrected chi connectivity index (χ1v) is 4.70. The van der Waals surface area contributed by atoms with Gasteiger partial charge in [-0.15, -0.1) is 0 Å². The van der Waals surface area contributed by atoms with Gasteiger partial charge in [0.25, 0.3) is 0 Å². The van der Waals surface area contributed by atoms with Crippen LogP contribution in [0.15, 0.2) is 22.7 Å². The number of Topliss-reactive ketones (excluding diaryl/α,β-unsaturated/α-hetero) is 1. The van der Waals surface area contributed by atoms with Crippen LogP contribution in [0.25, 0.3) is 0 Å². The maximum atomic E-state index is 12.9. The quantitative estimate of drug-likeness (QED) is 0.816. The van der Waals surface area contributed by atoms with Crippen LogP contribution in [0, 0.1) is 17.1 Å². The zero-order chi connectivity index (χ0) is 10.7. The number of benzene rings is 1. The Hall–Kier alpha value is -1.21. The molecule has 0 aliphatic rings. The summed E-state index contributed by atoms with van der Waals surface area (Å²) >= 11 is 3.00. The predicted octanol–water partition coefficient (Wildman–Crippen LogP) is 2.78. The van der Waals surface area contributed by atoms with Crippen LogP contribution in [0.2, 0.25) is 0 Å². The van der Waals surface area contributed by atoms with Gasteiger partial charge in [0.2, 0.25) is 0 Å². The van der Waals surface area contributed by atoms with E-state index in [-0.39, 0.29) is 10.3 Å². The Kier molecular flexibility index (Phi) is 3.37. The van der Waals surface area contributed by atoms with E-state index in [1.807, 2.05) is 6.07 Å². The predicted molar refractivity (Wildman–Crippen MR) is 53.1 cm³/mol. The lowest BCUT2D eigenvalue weighted by Crippen LogP contribution is -2.06. The molecule has 1 unspecified atom stereocenters. The van der Waals surface area contributed by atoms with Crippen molar-refractivity contribution >= 4 is 21.7 Å². The molecular formula is C10H7BrFNO. The maximum absolute atomic E-state index is 12.9. The molecule has 0 radical (unpaired) electrons. The van der Waals surface area contributed by atoms with E-state index in [0.29, 0.717) is 5.56 Å². The average molecular weight is 256 g/mol. The number of hydrogen-bond donors (Lipinski definition) is 0. The Balaban J connectivity index is 3.14. The lowest BCUT2D eigenvalue weighted by Gasteiger charge is -2.05. The standard InChI is InChI=1S/C10H7BrFNO/c1-6(14)8(5-13)7-2-3-10(12)9(11)4-7/h2-4,8H,1H3. The Morgan fingerprint density at radius 1 is 1.64 bits per heavy atom. The van der Waals surface area contributed by atoms with Crippen molar-refractivity contribution in [2.24, 2.45) is 0 Å². The normalized spacial score (nSPS) is 11.9. The van der Waals surface area contributed by atoms with E-state index >= 15 is 0 Å². The van der Waals surface area contributed by atoms with Crippen LogP contribution < -0.4 is 0 Å². The van der Waals surface area contributed by atoms with Crippen LogP contribution in [-0.4, -0.2) is 5.78 Å². The lowest BCUT2D eigenvalue weighted by atomic mass is 9.97. The van der Waals surface area contributed by atoms with E-state index in [1.165, 1.54) is 25.1 Å². The third kappa shape index (κ3) is 2.18. The number of carbonyl (C=O) groups is 1. The molecule has 0 fully saturated rings. The molecule has 0 aliphatic carbocycles. The fourth-order valence-electron chi connectivity index (χ4n) is 1.09. The molecule has 1 aromatic rings. The van der Waals surface area contributed by atoms with Gasteiger partial charge in [-0.3, -0.25) is 4.79 Å². The molecule has 1 aromatic carbocycles.